The Kier molecular flexibility index (Phi) is 3.80. The number of anilines is 1. The third kappa shape index (κ3) is 2.66. The maximum Gasteiger partial charge on any atom is 0.339 e. The number of rotatable bonds is 3. The number of hydrogen-bond donors (Lipinski definition) is 1. The minimum atomic E-state index is -0.482. The number of nitrogens with zero attached hydrogens (tertiary/aromatic N) is 2. The molecular formula is C17H15N3O3. The Morgan fingerprint density at radius 3 is 2.74 bits per heavy atom. The Morgan fingerprint density at radius 1 is 1.17 bits per heavy atom. The summed E-state index contributed by atoms with van der Waals surface area (Å²) in [7, 11) is 2.94. The van der Waals surface area contributed by atoms with Gasteiger partial charge in [-0.3, -0.25) is 4.79 Å². The summed E-state index contributed by atoms with van der Waals surface area (Å²) in [6.07, 6.45) is 1.58. The summed E-state index contributed by atoms with van der Waals surface area (Å²) in [5, 5.41) is 0. The number of aromatic amines is 1. The standard InChI is InChI=1S/C17H15N3O3/c1-20(15-6-4-3-5-12(15)17(22)23-2)16(21)11-7-8-13-14(9-11)19-10-18-13/h3-10H,1-2H3,(H,18,19). The Labute approximate surface area is 132 Å². The van der Waals surface area contributed by atoms with E-state index in [1.165, 1.54) is 12.0 Å². The number of fused-ring (bicyclic) bond motifs is 1. The molecule has 0 atom stereocenters. The van der Waals surface area contributed by atoms with Crippen molar-refractivity contribution in [3.63, 3.8) is 0 Å². The summed E-state index contributed by atoms with van der Waals surface area (Å²) in [5.41, 5.74) is 2.91. The van der Waals surface area contributed by atoms with Gasteiger partial charge in [-0.1, -0.05) is 12.1 Å². The molecule has 0 aliphatic rings. The first-order chi connectivity index (χ1) is 11.1. The highest BCUT2D eigenvalue weighted by Gasteiger charge is 2.20. The van der Waals surface area contributed by atoms with Gasteiger partial charge in [0.1, 0.15) is 0 Å². The first kappa shape index (κ1) is 14.8. The maximum absolute atomic E-state index is 12.7. The molecule has 1 amide bonds. The van der Waals surface area contributed by atoms with Crippen LogP contribution in [-0.2, 0) is 4.74 Å². The Morgan fingerprint density at radius 2 is 1.96 bits per heavy atom. The number of amides is 1. The molecule has 6 nitrogen and oxygen atoms in total. The van der Waals surface area contributed by atoms with Crippen LogP contribution < -0.4 is 4.90 Å². The van der Waals surface area contributed by atoms with Crippen LogP contribution in [0.15, 0.2) is 48.8 Å². The van der Waals surface area contributed by atoms with E-state index in [-0.39, 0.29) is 5.91 Å². The van der Waals surface area contributed by atoms with Crippen LogP contribution in [0.25, 0.3) is 11.0 Å². The molecule has 23 heavy (non-hydrogen) atoms. The summed E-state index contributed by atoms with van der Waals surface area (Å²) in [6.45, 7) is 0. The highest BCUT2D eigenvalue weighted by Crippen LogP contribution is 2.22. The van der Waals surface area contributed by atoms with E-state index in [0.29, 0.717) is 16.8 Å². The number of H-pyrrole nitrogens is 1. The molecule has 0 aliphatic carbocycles. The van der Waals surface area contributed by atoms with Gasteiger partial charge in [0.2, 0.25) is 0 Å². The van der Waals surface area contributed by atoms with Gasteiger partial charge in [0.05, 0.1) is 35.7 Å². The molecule has 1 N–H and O–H groups in total. The van der Waals surface area contributed by atoms with Crippen molar-refractivity contribution in [3.05, 3.63) is 59.9 Å². The molecule has 3 rings (SSSR count). The zero-order valence-electron chi connectivity index (χ0n) is 12.7. The molecule has 6 heteroatoms. The van der Waals surface area contributed by atoms with Crippen LogP contribution >= 0.6 is 0 Å². The number of nitrogens with one attached hydrogen (secondary N) is 1. The number of hydrogen-bond acceptors (Lipinski definition) is 4. The van der Waals surface area contributed by atoms with Crippen LogP contribution in [0.5, 0.6) is 0 Å². The summed E-state index contributed by atoms with van der Waals surface area (Å²) >= 11 is 0. The molecule has 0 saturated carbocycles. The molecule has 116 valence electrons. The first-order valence-corrected chi connectivity index (χ1v) is 7.00. The molecule has 2 aromatic carbocycles. The lowest BCUT2D eigenvalue weighted by Crippen LogP contribution is -2.28. The van der Waals surface area contributed by atoms with Crippen molar-refractivity contribution in [3.8, 4) is 0 Å². The van der Waals surface area contributed by atoms with E-state index in [9.17, 15) is 9.59 Å². The van der Waals surface area contributed by atoms with E-state index >= 15 is 0 Å². The van der Waals surface area contributed by atoms with Gasteiger partial charge in [0.15, 0.2) is 0 Å². The number of imidazole rings is 1. The number of aromatic nitrogens is 2. The normalized spacial score (nSPS) is 10.5. The minimum Gasteiger partial charge on any atom is -0.465 e. The van der Waals surface area contributed by atoms with E-state index in [1.54, 1.807) is 55.8 Å². The number of para-hydroxylation sites is 1. The molecule has 0 fully saturated rings. The zero-order chi connectivity index (χ0) is 16.4. The summed E-state index contributed by atoms with van der Waals surface area (Å²) < 4.78 is 4.77. The third-order valence-electron chi connectivity index (χ3n) is 3.64. The molecular weight excluding hydrogens is 294 g/mol. The second-order valence-corrected chi connectivity index (χ2v) is 5.01. The van der Waals surface area contributed by atoms with Gasteiger partial charge in [-0.15, -0.1) is 0 Å². The second kappa shape index (κ2) is 5.92. The number of methoxy groups -OCH3 is 1. The quantitative estimate of drug-likeness (QED) is 0.755. The largest absolute Gasteiger partial charge is 0.465 e. The molecule has 0 bridgehead atoms. The molecule has 0 aliphatic heterocycles. The first-order valence-electron chi connectivity index (χ1n) is 7.00. The lowest BCUT2D eigenvalue weighted by Gasteiger charge is -2.20. The van der Waals surface area contributed by atoms with Gasteiger partial charge in [0, 0.05) is 12.6 Å². The number of ether oxygens (including phenoxy) is 1. The fraction of sp³-hybridized carbons (Fsp3) is 0.118. The second-order valence-electron chi connectivity index (χ2n) is 5.01. The van der Waals surface area contributed by atoms with Crippen LogP contribution in [0.2, 0.25) is 0 Å². The highest BCUT2D eigenvalue weighted by atomic mass is 16.5. The number of carbonyl (C=O) groups is 2. The third-order valence-corrected chi connectivity index (χ3v) is 3.64. The van der Waals surface area contributed by atoms with E-state index in [4.69, 9.17) is 4.74 Å². The van der Waals surface area contributed by atoms with E-state index in [1.807, 2.05) is 0 Å². The van der Waals surface area contributed by atoms with Crippen molar-refractivity contribution in [2.24, 2.45) is 0 Å². The van der Waals surface area contributed by atoms with Gasteiger partial charge < -0.3 is 14.6 Å². The molecule has 1 aromatic heterocycles. The lowest BCUT2D eigenvalue weighted by molar-refractivity contribution is 0.0601. The van der Waals surface area contributed by atoms with Gasteiger partial charge in [-0.05, 0) is 30.3 Å². The zero-order valence-corrected chi connectivity index (χ0v) is 12.7. The SMILES string of the molecule is COC(=O)c1ccccc1N(C)C(=O)c1ccc2nc[nH]c2c1. The molecule has 0 spiro atoms. The van der Waals surface area contributed by atoms with Crippen molar-refractivity contribution < 1.29 is 14.3 Å². The predicted octanol–water partition coefficient (Wildman–Crippen LogP) is 2.63. The summed E-state index contributed by atoms with van der Waals surface area (Å²) in [5.74, 6) is -0.706. The summed E-state index contributed by atoms with van der Waals surface area (Å²) in [6, 6.07) is 12.1. The maximum atomic E-state index is 12.7. The van der Waals surface area contributed by atoms with E-state index in [2.05, 4.69) is 9.97 Å². The average molecular weight is 309 g/mol. The lowest BCUT2D eigenvalue weighted by atomic mass is 10.1. The van der Waals surface area contributed by atoms with E-state index < -0.39 is 5.97 Å². The van der Waals surface area contributed by atoms with Crippen molar-refractivity contribution >= 4 is 28.6 Å². The number of carbonyl (C=O) groups excluding carboxylic acids is 2. The van der Waals surface area contributed by atoms with Crippen molar-refractivity contribution in [2.75, 3.05) is 19.1 Å². The summed E-state index contributed by atoms with van der Waals surface area (Å²) in [4.78, 5) is 33.1. The fourth-order valence-electron chi connectivity index (χ4n) is 2.42. The van der Waals surface area contributed by atoms with Crippen LogP contribution in [-0.4, -0.2) is 36.0 Å². The Hall–Kier alpha value is -3.15. The van der Waals surface area contributed by atoms with Crippen molar-refractivity contribution in [1.82, 2.24) is 9.97 Å². The highest BCUT2D eigenvalue weighted by molar-refractivity contribution is 6.10. The topological polar surface area (TPSA) is 75.3 Å². The monoisotopic (exact) mass is 309 g/mol. The van der Waals surface area contributed by atoms with Crippen LogP contribution in [0, 0.1) is 0 Å². The minimum absolute atomic E-state index is 0.224. The fourth-order valence-corrected chi connectivity index (χ4v) is 2.42. The smallest absolute Gasteiger partial charge is 0.339 e. The van der Waals surface area contributed by atoms with Crippen molar-refractivity contribution in [1.29, 1.82) is 0 Å². The predicted molar refractivity (Wildman–Crippen MR) is 86.6 cm³/mol. The van der Waals surface area contributed by atoms with Gasteiger partial charge in [-0.25, -0.2) is 9.78 Å². The van der Waals surface area contributed by atoms with Crippen LogP contribution in [0.3, 0.4) is 0 Å². The van der Waals surface area contributed by atoms with Gasteiger partial charge in [0.25, 0.3) is 5.91 Å². The Balaban J connectivity index is 1.98. The van der Waals surface area contributed by atoms with Gasteiger partial charge in [-0.2, -0.15) is 0 Å². The number of benzene rings is 2. The molecule has 0 saturated heterocycles. The Bertz CT molecular complexity index is 885. The van der Waals surface area contributed by atoms with Crippen LogP contribution in [0.1, 0.15) is 20.7 Å². The average Bonchev–Trinajstić information content (AvgIpc) is 3.07. The number of esters is 1. The molecule has 1 heterocycles. The molecule has 0 radical (unpaired) electrons. The molecule has 3 aromatic rings. The van der Waals surface area contributed by atoms with Gasteiger partial charge >= 0.3 is 5.97 Å². The van der Waals surface area contributed by atoms with E-state index in [0.717, 1.165) is 11.0 Å². The molecule has 0 unspecified atom stereocenters. The van der Waals surface area contributed by atoms with Crippen molar-refractivity contribution in [2.45, 2.75) is 0 Å². The van der Waals surface area contributed by atoms with Crippen LogP contribution in [0.4, 0.5) is 5.69 Å².